The van der Waals surface area contributed by atoms with Crippen molar-refractivity contribution >= 4 is 5.91 Å². The number of nitrogens with zero attached hydrogens (tertiary/aromatic N) is 1. The van der Waals surface area contributed by atoms with Gasteiger partial charge in [-0.1, -0.05) is 48.9 Å². The van der Waals surface area contributed by atoms with Crippen LogP contribution in [-0.2, 0) is 16.8 Å². The van der Waals surface area contributed by atoms with E-state index < -0.39 is 5.41 Å². The fraction of sp³-hybridized carbons (Fsp3) is 0.409. The molecule has 0 radical (unpaired) electrons. The molecule has 1 saturated carbocycles. The van der Waals surface area contributed by atoms with Gasteiger partial charge in [0.2, 0.25) is 5.91 Å². The summed E-state index contributed by atoms with van der Waals surface area (Å²) in [5, 5.41) is 3.07. The first-order valence-electron chi connectivity index (χ1n) is 9.37. The number of amides is 1. The van der Waals surface area contributed by atoms with Gasteiger partial charge in [-0.2, -0.15) is 0 Å². The minimum absolute atomic E-state index is 0.0417. The van der Waals surface area contributed by atoms with E-state index in [1.165, 1.54) is 17.7 Å². The maximum atomic E-state index is 13.6. The molecule has 2 aromatic rings. The fourth-order valence-electron chi connectivity index (χ4n) is 3.66. The molecular formula is C22H27FN2O. The highest BCUT2D eigenvalue weighted by Crippen LogP contribution is 2.44. The summed E-state index contributed by atoms with van der Waals surface area (Å²) in [6, 6.07) is 16.9. The van der Waals surface area contributed by atoms with Crippen LogP contribution in [0.4, 0.5) is 4.39 Å². The molecular weight excluding hydrogens is 327 g/mol. The normalized spacial score (nSPS) is 15.5. The van der Waals surface area contributed by atoms with Crippen LogP contribution in [0, 0.1) is 5.82 Å². The van der Waals surface area contributed by atoms with Crippen molar-refractivity contribution < 1.29 is 9.18 Å². The summed E-state index contributed by atoms with van der Waals surface area (Å²) in [7, 11) is 2.09. The zero-order valence-electron chi connectivity index (χ0n) is 15.4. The smallest absolute Gasteiger partial charge is 0.230 e. The molecule has 0 bridgehead atoms. The lowest BCUT2D eigenvalue weighted by Crippen LogP contribution is -2.49. The zero-order valence-corrected chi connectivity index (χ0v) is 15.4. The molecule has 138 valence electrons. The third-order valence-electron chi connectivity index (χ3n) is 5.32. The predicted molar refractivity (Wildman–Crippen MR) is 102 cm³/mol. The molecule has 1 amide bonds. The zero-order chi connectivity index (χ0) is 18.4. The number of rotatable bonds is 8. The molecule has 0 heterocycles. The van der Waals surface area contributed by atoms with E-state index in [1.54, 1.807) is 6.07 Å². The van der Waals surface area contributed by atoms with Crippen LogP contribution in [0.15, 0.2) is 54.6 Å². The Labute approximate surface area is 155 Å². The van der Waals surface area contributed by atoms with E-state index in [9.17, 15) is 9.18 Å². The molecule has 4 heteroatoms. The second kappa shape index (κ2) is 8.45. The first kappa shape index (κ1) is 18.6. The number of carbonyl (C=O) groups is 1. The molecule has 0 atom stereocenters. The van der Waals surface area contributed by atoms with Gasteiger partial charge in [0, 0.05) is 13.1 Å². The van der Waals surface area contributed by atoms with E-state index in [0.29, 0.717) is 6.54 Å². The molecule has 1 aliphatic rings. The summed E-state index contributed by atoms with van der Waals surface area (Å²) in [5.41, 5.74) is 1.57. The van der Waals surface area contributed by atoms with Crippen molar-refractivity contribution in [3.05, 3.63) is 71.5 Å². The van der Waals surface area contributed by atoms with Crippen molar-refractivity contribution in [2.45, 2.75) is 37.6 Å². The summed E-state index contributed by atoms with van der Waals surface area (Å²) in [6.07, 6.45) is 3.52. The second-order valence-corrected chi connectivity index (χ2v) is 7.28. The average molecular weight is 354 g/mol. The van der Waals surface area contributed by atoms with E-state index in [-0.39, 0.29) is 11.7 Å². The summed E-state index contributed by atoms with van der Waals surface area (Å²) in [4.78, 5) is 15.0. The Balaban J connectivity index is 1.46. The van der Waals surface area contributed by atoms with Gasteiger partial charge in [-0.25, -0.2) is 4.39 Å². The van der Waals surface area contributed by atoms with Crippen molar-refractivity contribution in [1.82, 2.24) is 10.2 Å². The topological polar surface area (TPSA) is 32.3 Å². The molecule has 26 heavy (non-hydrogen) atoms. The first-order chi connectivity index (χ1) is 12.6. The minimum atomic E-state index is -0.530. The number of hydrogen-bond acceptors (Lipinski definition) is 2. The van der Waals surface area contributed by atoms with Crippen LogP contribution in [0.5, 0.6) is 0 Å². The second-order valence-electron chi connectivity index (χ2n) is 7.28. The van der Waals surface area contributed by atoms with E-state index in [1.807, 2.05) is 24.3 Å². The lowest BCUT2D eigenvalue weighted by molar-refractivity contribution is -0.129. The Kier molecular flexibility index (Phi) is 6.04. The molecule has 0 aliphatic heterocycles. The largest absolute Gasteiger partial charge is 0.355 e. The van der Waals surface area contributed by atoms with Crippen molar-refractivity contribution in [3.63, 3.8) is 0 Å². The fourth-order valence-corrected chi connectivity index (χ4v) is 3.66. The Morgan fingerprint density at radius 3 is 2.58 bits per heavy atom. The highest BCUT2D eigenvalue weighted by molar-refractivity contribution is 5.89. The van der Waals surface area contributed by atoms with Crippen LogP contribution >= 0.6 is 0 Å². The molecule has 2 aromatic carbocycles. The lowest BCUT2D eigenvalue weighted by atomic mass is 9.64. The van der Waals surface area contributed by atoms with E-state index >= 15 is 0 Å². The van der Waals surface area contributed by atoms with E-state index in [2.05, 4.69) is 29.4 Å². The molecule has 1 N–H and O–H groups in total. The van der Waals surface area contributed by atoms with Crippen molar-refractivity contribution in [2.24, 2.45) is 0 Å². The number of halogens is 1. The molecule has 3 nitrogen and oxygen atoms in total. The van der Waals surface area contributed by atoms with Gasteiger partial charge in [0.15, 0.2) is 0 Å². The molecule has 1 aliphatic carbocycles. The van der Waals surface area contributed by atoms with Crippen LogP contribution in [0.25, 0.3) is 0 Å². The maximum Gasteiger partial charge on any atom is 0.230 e. The molecule has 1 fully saturated rings. The number of hydrogen-bond donors (Lipinski definition) is 1. The molecule has 0 unspecified atom stereocenters. The van der Waals surface area contributed by atoms with E-state index in [0.717, 1.165) is 44.3 Å². The van der Waals surface area contributed by atoms with Gasteiger partial charge in [-0.05, 0) is 56.1 Å². The van der Waals surface area contributed by atoms with E-state index in [4.69, 9.17) is 0 Å². The van der Waals surface area contributed by atoms with Gasteiger partial charge in [-0.15, -0.1) is 0 Å². The third kappa shape index (κ3) is 4.31. The van der Waals surface area contributed by atoms with Crippen molar-refractivity contribution in [2.75, 3.05) is 20.1 Å². The van der Waals surface area contributed by atoms with Crippen LogP contribution in [0.2, 0.25) is 0 Å². The molecule has 0 aromatic heterocycles. The van der Waals surface area contributed by atoms with Crippen LogP contribution < -0.4 is 5.32 Å². The van der Waals surface area contributed by atoms with Crippen LogP contribution in [-0.4, -0.2) is 30.9 Å². The van der Waals surface area contributed by atoms with Crippen molar-refractivity contribution in [1.29, 1.82) is 0 Å². The summed E-state index contributed by atoms with van der Waals surface area (Å²) >= 11 is 0. The quantitative estimate of drug-likeness (QED) is 0.730. The predicted octanol–water partition coefficient (Wildman–Crippen LogP) is 3.89. The molecule has 0 saturated heterocycles. The van der Waals surface area contributed by atoms with Gasteiger partial charge < -0.3 is 10.2 Å². The Morgan fingerprint density at radius 1 is 1.15 bits per heavy atom. The highest BCUT2D eigenvalue weighted by atomic mass is 19.1. The van der Waals surface area contributed by atoms with Crippen LogP contribution in [0.1, 0.15) is 36.8 Å². The molecule has 3 rings (SSSR count). The van der Waals surface area contributed by atoms with Gasteiger partial charge in [0.1, 0.15) is 5.82 Å². The monoisotopic (exact) mass is 354 g/mol. The first-order valence-corrected chi connectivity index (χ1v) is 9.37. The number of nitrogens with one attached hydrogen (secondary N) is 1. The summed E-state index contributed by atoms with van der Waals surface area (Å²) in [5.74, 6) is -0.232. The number of benzene rings is 2. The Hall–Kier alpha value is -2.20. The summed E-state index contributed by atoms with van der Waals surface area (Å²) < 4.78 is 13.6. The van der Waals surface area contributed by atoms with Gasteiger partial charge in [0.05, 0.1) is 5.41 Å². The highest BCUT2D eigenvalue weighted by Gasteiger charge is 2.45. The van der Waals surface area contributed by atoms with Gasteiger partial charge in [0.25, 0.3) is 0 Å². The Morgan fingerprint density at radius 2 is 1.92 bits per heavy atom. The van der Waals surface area contributed by atoms with Crippen LogP contribution in [0.3, 0.4) is 0 Å². The number of carbonyl (C=O) groups excluding carboxylic acids is 1. The maximum absolute atomic E-state index is 13.6. The molecule has 0 spiro atoms. The Bertz CT molecular complexity index is 728. The minimum Gasteiger partial charge on any atom is -0.355 e. The van der Waals surface area contributed by atoms with Gasteiger partial charge in [-0.3, -0.25) is 4.79 Å². The third-order valence-corrected chi connectivity index (χ3v) is 5.32. The lowest BCUT2D eigenvalue weighted by Gasteiger charge is -2.40. The average Bonchev–Trinajstić information content (AvgIpc) is 2.59. The summed E-state index contributed by atoms with van der Waals surface area (Å²) in [6.45, 7) is 2.47. The SMILES string of the molecule is CN(CCCNC(=O)C1(c2cccc(F)c2)CCC1)Cc1ccccc1. The standard InChI is InChI=1S/C22H27FN2O/c1-25(17-18-8-3-2-4-9-18)15-7-14-24-21(26)22(12-6-13-22)19-10-5-11-20(23)16-19/h2-5,8-11,16H,6-7,12-15,17H2,1H3,(H,24,26). The van der Waals surface area contributed by atoms with Crippen molar-refractivity contribution in [3.8, 4) is 0 Å². The van der Waals surface area contributed by atoms with Gasteiger partial charge >= 0.3 is 0 Å².